The Balaban J connectivity index is 4.37. The van der Waals surface area contributed by atoms with Gasteiger partial charge in [0.25, 0.3) is 6.29 Å². The molecule has 0 fully saturated rings. The zero-order valence-electron chi connectivity index (χ0n) is 48.2. The minimum Gasteiger partial charge on any atom is -0.477 e. The van der Waals surface area contributed by atoms with Crippen LogP contribution >= 0.6 is 0 Å². The van der Waals surface area contributed by atoms with Gasteiger partial charge < -0.3 is 28.5 Å². The molecule has 2 atom stereocenters. The van der Waals surface area contributed by atoms with E-state index < -0.39 is 24.3 Å². The van der Waals surface area contributed by atoms with Gasteiger partial charge in [-0.15, -0.1) is 0 Å². The Morgan fingerprint density at radius 3 is 1.17 bits per heavy atom. The van der Waals surface area contributed by atoms with E-state index >= 15 is 0 Å². The number of allylic oxidation sites excluding steroid dienone is 22. The number of carboxylic acid groups (broad SMARTS) is 1. The van der Waals surface area contributed by atoms with Crippen LogP contribution in [0, 0.1) is 0 Å². The van der Waals surface area contributed by atoms with Crippen molar-refractivity contribution in [3.05, 3.63) is 134 Å². The van der Waals surface area contributed by atoms with Crippen LogP contribution in [0.2, 0.25) is 0 Å². The number of hydrogen-bond donors (Lipinski definition) is 1. The van der Waals surface area contributed by atoms with Crippen LogP contribution in [0.3, 0.4) is 0 Å². The maximum atomic E-state index is 12.9. The second kappa shape index (κ2) is 55.7. The van der Waals surface area contributed by atoms with Gasteiger partial charge in [-0.2, -0.15) is 0 Å². The fourth-order valence-electron chi connectivity index (χ4n) is 7.39. The van der Waals surface area contributed by atoms with Crippen molar-refractivity contribution in [2.24, 2.45) is 0 Å². The molecule has 0 aromatic carbocycles. The van der Waals surface area contributed by atoms with Crippen molar-refractivity contribution in [2.45, 2.75) is 219 Å². The third-order valence-electron chi connectivity index (χ3n) is 11.9. The quantitative estimate of drug-likeness (QED) is 0.0211. The van der Waals surface area contributed by atoms with Crippen molar-refractivity contribution in [1.29, 1.82) is 0 Å². The van der Waals surface area contributed by atoms with Crippen LogP contribution in [-0.4, -0.2) is 87.4 Å². The van der Waals surface area contributed by atoms with Gasteiger partial charge in [-0.05, 0) is 116 Å². The van der Waals surface area contributed by atoms with Crippen LogP contribution in [-0.2, 0) is 33.3 Å². The first-order chi connectivity index (χ1) is 36.6. The molecule has 9 nitrogen and oxygen atoms in total. The number of unbranched alkanes of at least 4 members (excludes halogenated alkanes) is 15. The average molecular weight is 1040 g/mol. The molecule has 0 amide bonds. The highest BCUT2D eigenvalue weighted by Gasteiger charge is 2.25. The van der Waals surface area contributed by atoms with E-state index in [0.717, 1.165) is 109 Å². The molecule has 0 aliphatic rings. The second-order valence-corrected chi connectivity index (χ2v) is 20.2. The van der Waals surface area contributed by atoms with E-state index in [2.05, 4.69) is 148 Å². The van der Waals surface area contributed by atoms with Crippen molar-refractivity contribution in [3.8, 4) is 0 Å². The average Bonchev–Trinajstić information content (AvgIpc) is 3.38. The molecule has 424 valence electrons. The molecule has 0 aliphatic carbocycles. The first-order valence-electron chi connectivity index (χ1n) is 29.3. The molecule has 75 heavy (non-hydrogen) atoms. The molecular formula is C66H108NO8+. The molecule has 1 N–H and O–H groups in total. The first kappa shape index (κ1) is 70.4. The Morgan fingerprint density at radius 2 is 0.760 bits per heavy atom. The highest BCUT2D eigenvalue weighted by molar-refractivity contribution is 5.71. The van der Waals surface area contributed by atoms with E-state index in [1.54, 1.807) is 0 Å². The Morgan fingerprint density at radius 1 is 0.413 bits per heavy atom. The predicted octanol–water partition coefficient (Wildman–Crippen LogP) is 17.5. The van der Waals surface area contributed by atoms with Crippen LogP contribution in [0.15, 0.2) is 134 Å². The van der Waals surface area contributed by atoms with E-state index in [0.29, 0.717) is 17.4 Å². The van der Waals surface area contributed by atoms with E-state index in [-0.39, 0.29) is 38.6 Å². The van der Waals surface area contributed by atoms with Gasteiger partial charge in [0.05, 0.1) is 34.4 Å². The number of nitrogens with zero attached hydrogens (tertiary/aromatic N) is 1. The number of hydrogen-bond acceptors (Lipinski definition) is 7. The molecular weight excluding hydrogens is 935 g/mol. The van der Waals surface area contributed by atoms with Crippen LogP contribution in [0.5, 0.6) is 0 Å². The SMILES string of the molecule is CC/C=C\C/C=C\C/C=C\C/C=C\C/C=C\C/C=C\C/C=C\C/C=C\C/C=C\C/C=C\CCCCC(=O)OC(COC(=O)CCCCCCCCC/C=C\CCCCCCCC)COC(OCC[N+](C)(C)C)C(=O)O. The number of rotatable bonds is 52. The molecule has 0 spiro atoms. The Kier molecular flexibility index (Phi) is 52.3. The lowest BCUT2D eigenvalue weighted by molar-refractivity contribution is -0.870. The summed E-state index contributed by atoms with van der Waals surface area (Å²) in [6, 6.07) is 0. The van der Waals surface area contributed by atoms with Crippen molar-refractivity contribution in [2.75, 3.05) is 47.5 Å². The minimum absolute atomic E-state index is 0.171. The second-order valence-electron chi connectivity index (χ2n) is 20.2. The van der Waals surface area contributed by atoms with Crippen molar-refractivity contribution in [3.63, 3.8) is 0 Å². The zero-order chi connectivity index (χ0) is 54.8. The fraction of sp³-hybridized carbons (Fsp3) is 0.621. The molecule has 0 heterocycles. The number of esters is 2. The van der Waals surface area contributed by atoms with Gasteiger partial charge in [0.15, 0.2) is 6.10 Å². The summed E-state index contributed by atoms with van der Waals surface area (Å²) < 4.78 is 22.8. The standard InChI is InChI=1S/C66H107NO8/c1-6-8-10-12-14-16-18-20-22-24-25-26-27-28-29-30-31-32-33-34-35-36-37-38-39-41-43-45-47-49-51-53-55-57-64(69)75-62(61-74-66(65(70)71)72-59-58-67(3,4)5)60-73-63(68)56-54-52-50-48-46-44-42-40-23-21-19-17-15-13-11-9-7-2/h8,10,14,16,20-23,25-26,28-29,31-32,34-35,37-38,41,43,47,49,62,66H,6-7,9,11-13,15,17-19,24,27,30,33,36,39-40,42,44-46,48,50-61H2,1-5H3/p+1/b10-8-,16-14-,22-20-,23-21-,26-25-,29-28-,32-31-,35-34-,38-37-,43-41-,49-47-. The Bertz CT molecular complexity index is 1690. The Hall–Kier alpha value is -4.57. The minimum atomic E-state index is -1.53. The first-order valence-corrected chi connectivity index (χ1v) is 29.3. The topological polar surface area (TPSA) is 108 Å². The van der Waals surface area contributed by atoms with Gasteiger partial charge in [0.1, 0.15) is 13.2 Å². The molecule has 0 radical (unpaired) electrons. The summed E-state index contributed by atoms with van der Waals surface area (Å²) >= 11 is 0. The summed E-state index contributed by atoms with van der Waals surface area (Å²) in [7, 11) is 5.94. The number of aliphatic carboxylic acids is 1. The molecule has 0 aromatic heterocycles. The lowest BCUT2D eigenvalue weighted by Crippen LogP contribution is -2.40. The molecule has 0 rings (SSSR count). The van der Waals surface area contributed by atoms with Gasteiger partial charge in [-0.3, -0.25) is 9.59 Å². The van der Waals surface area contributed by atoms with Crippen LogP contribution in [0.1, 0.15) is 206 Å². The van der Waals surface area contributed by atoms with Gasteiger partial charge in [-0.1, -0.05) is 212 Å². The van der Waals surface area contributed by atoms with Gasteiger partial charge in [-0.25, -0.2) is 4.79 Å². The highest BCUT2D eigenvalue weighted by Crippen LogP contribution is 2.13. The third-order valence-corrected chi connectivity index (χ3v) is 11.9. The summed E-state index contributed by atoms with van der Waals surface area (Å²) in [4.78, 5) is 37.4. The van der Waals surface area contributed by atoms with Gasteiger partial charge >= 0.3 is 17.9 Å². The molecule has 0 bridgehead atoms. The number of carbonyl (C=O) groups is 3. The number of ether oxygens (including phenoxy) is 4. The molecule has 9 heteroatoms. The fourth-order valence-corrected chi connectivity index (χ4v) is 7.39. The van der Waals surface area contributed by atoms with E-state index in [9.17, 15) is 19.5 Å². The van der Waals surface area contributed by atoms with Crippen LogP contribution < -0.4 is 0 Å². The Labute approximate surface area is 459 Å². The van der Waals surface area contributed by atoms with Gasteiger partial charge in [0.2, 0.25) is 0 Å². The van der Waals surface area contributed by atoms with Crippen molar-refractivity contribution >= 4 is 17.9 Å². The lowest BCUT2D eigenvalue weighted by Gasteiger charge is -2.25. The maximum Gasteiger partial charge on any atom is 0.361 e. The summed E-state index contributed by atoms with van der Waals surface area (Å²) in [5.74, 6) is -2.09. The maximum absolute atomic E-state index is 12.9. The summed E-state index contributed by atoms with van der Waals surface area (Å²) in [6.07, 6.45) is 76.8. The monoisotopic (exact) mass is 1040 g/mol. The molecule has 0 aromatic rings. The third kappa shape index (κ3) is 57.0. The summed E-state index contributed by atoms with van der Waals surface area (Å²) in [5, 5.41) is 9.70. The molecule has 0 aliphatic heterocycles. The van der Waals surface area contributed by atoms with Crippen LogP contribution in [0.4, 0.5) is 0 Å². The summed E-state index contributed by atoms with van der Waals surface area (Å²) in [6.45, 7) is 4.68. The molecule has 0 saturated heterocycles. The van der Waals surface area contributed by atoms with E-state index in [1.807, 2.05) is 21.1 Å². The van der Waals surface area contributed by atoms with Crippen molar-refractivity contribution in [1.82, 2.24) is 0 Å². The largest absolute Gasteiger partial charge is 0.477 e. The van der Waals surface area contributed by atoms with Crippen LogP contribution in [0.25, 0.3) is 0 Å². The lowest BCUT2D eigenvalue weighted by atomic mass is 10.1. The number of carboxylic acids is 1. The van der Waals surface area contributed by atoms with E-state index in [4.69, 9.17) is 18.9 Å². The van der Waals surface area contributed by atoms with E-state index in [1.165, 1.54) is 64.2 Å². The normalized spacial score (nSPS) is 13.8. The molecule has 0 saturated carbocycles. The van der Waals surface area contributed by atoms with Crippen molar-refractivity contribution < 1.29 is 42.9 Å². The number of carbonyl (C=O) groups excluding carboxylic acids is 2. The van der Waals surface area contributed by atoms with Gasteiger partial charge in [0, 0.05) is 12.8 Å². The molecule has 2 unspecified atom stereocenters. The zero-order valence-corrected chi connectivity index (χ0v) is 48.2. The summed E-state index contributed by atoms with van der Waals surface area (Å²) in [5.41, 5.74) is 0. The number of quaternary nitrogens is 1. The predicted molar refractivity (Wildman–Crippen MR) is 317 cm³/mol. The highest BCUT2D eigenvalue weighted by atomic mass is 16.7. The smallest absolute Gasteiger partial charge is 0.361 e. The number of likely N-dealkylation sites (N-methyl/N-ethyl adjacent to an activating group) is 1.